The van der Waals surface area contributed by atoms with Crippen LogP contribution in [0.2, 0.25) is 0 Å². The molecular formula is C21H20N4O3. The van der Waals surface area contributed by atoms with E-state index in [1.807, 2.05) is 30.5 Å². The first-order valence-electron chi connectivity index (χ1n) is 9.38. The Morgan fingerprint density at radius 1 is 1.14 bits per heavy atom. The van der Waals surface area contributed by atoms with Crippen molar-refractivity contribution >= 4 is 11.5 Å². The number of imidazole rings is 1. The summed E-state index contributed by atoms with van der Waals surface area (Å²) in [4.78, 5) is 4.60. The second-order valence-corrected chi connectivity index (χ2v) is 7.16. The molecule has 2 aliphatic heterocycles. The Kier molecular flexibility index (Phi) is 4.06. The van der Waals surface area contributed by atoms with Gasteiger partial charge >= 0.3 is 0 Å². The largest absolute Gasteiger partial charge is 0.454 e. The van der Waals surface area contributed by atoms with Gasteiger partial charge in [0.2, 0.25) is 6.79 Å². The van der Waals surface area contributed by atoms with Crippen molar-refractivity contribution in [1.29, 1.82) is 5.26 Å². The third-order valence-electron chi connectivity index (χ3n) is 5.66. The number of rotatable bonds is 4. The average molecular weight is 376 g/mol. The van der Waals surface area contributed by atoms with E-state index in [1.165, 1.54) is 5.56 Å². The fourth-order valence-electron chi connectivity index (χ4n) is 4.03. The van der Waals surface area contributed by atoms with Crippen LogP contribution in [0.1, 0.15) is 24.1 Å². The summed E-state index contributed by atoms with van der Waals surface area (Å²) in [6.07, 6.45) is 3.62. The fourth-order valence-corrected chi connectivity index (χ4v) is 4.03. The molecule has 2 aromatic heterocycles. The van der Waals surface area contributed by atoms with Crippen molar-refractivity contribution in [3.05, 3.63) is 53.9 Å². The van der Waals surface area contributed by atoms with Crippen molar-refractivity contribution in [1.82, 2.24) is 9.38 Å². The Balaban J connectivity index is 1.48. The fraction of sp³-hybridized carbons (Fsp3) is 0.333. The van der Waals surface area contributed by atoms with Gasteiger partial charge < -0.3 is 19.5 Å². The molecule has 0 unspecified atom stereocenters. The summed E-state index contributed by atoms with van der Waals surface area (Å²) in [6, 6.07) is 14.1. The van der Waals surface area contributed by atoms with Gasteiger partial charge in [-0.2, -0.15) is 5.26 Å². The van der Waals surface area contributed by atoms with Crippen LogP contribution in [0, 0.1) is 11.3 Å². The maximum atomic E-state index is 9.63. The van der Waals surface area contributed by atoms with E-state index in [-0.39, 0.29) is 12.2 Å². The normalized spacial score (nSPS) is 17.4. The summed E-state index contributed by atoms with van der Waals surface area (Å²) in [5.41, 5.74) is 2.34. The van der Waals surface area contributed by atoms with Crippen molar-refractivity contribution in [3.63, 3.8) is 0 Å². The van der Waals surface area contributed by atoms with E-state index < -0.39 is 0 Å². The van der Waals surface area contributed by atoms with Gasteiger partial charge in [0.25, 0.3) is 0 Å². The quantitative estimate of drug-likeness (QED) is 0.754. The van der Waals surface area contributed by atoms with E-state index in [1.54, 1.807) is 4.40 Å². The lowest BCUT2D eigenvalue weighted by atomic mass is 9.74. The summed E-state index contributed by atoms with van der Waals surface area (Å²) < 4.78 is 18.5. The zero-order valence-corrected chi connectivity index (χ0v) is 15.4. The van der Waals surface area contributed by atoms with E-state index in [0.29, 0.717) is 31.3 Å². The molecule has 28 heavy (non-hydrogen) atoms. The maximum Gasteiger partial charge on any atom is 0.231 e. The van der Waals surface area contributed by atoms with Crippen LogP contribution < -0.4 is 14.8 Å². The number of hydrogen-bond acceptors (Lipinski definition) is 6. The van der Waals surface area contributed by atoms with Crippen molar-refractivity contribution in [2.75, 3.05) is 31.9 Å². The van der Waals surface area contributed by atoms with Crippen molar-refractivity contribution in [2.45, 2.75) is 18.3 Å². The first-order chi connectivity index (χ1) is 13.8. The highest BCUT2D eigenvalue weighted by atomic mass is 16.7. The zero-order chi connectivity index (χ0) is 19.0. The van der Waals surface area contributed by atoms with Crippen LogP contribution >= 0.6 is 0 Å². The van der Waals surface area contributed by atoms with Crippen molar-refractivity contribution < 1.29 is 14.2 Å². The van der Waals surface area contributed by atoms with Crippen LogP contribution in [0.15, 0.2) is 42.6 Å². The van der Waals surface area contributed by atoms with Gasteiger partial charge in [-0.3, -0.25) is 4.40 Å². The number of hydrogen-bond donors (Lipinski definition) is 1. The van der Waals surface area contributed by atoms with Crippen LogP contribution in [-0.4, -0.2) is 35.9 Å². The molecule has 1 aromatic carbocycles. The van der Waals surface area contributed by atoms with Crippen LogP contribution in [0.5, 0.6) is 11.5 Å². The first-order valence-corrected chi connectivity index (χ1v) is 9.38. The van der Waals surface area contributed by atoms with E-state index in [4.69, 9.17) is 14.2 Å². The molecule has 0 aliphatic carbocycles. The molecule has 1 N–H and O–H groups in total. The number of nitrogens with zero attached hydrogens (tertiary/aromatic N) is 3. The minimum absolute atomic E-state index is 0.123. The maximum absolute atomic E-state index is 9.63. The monoisotopic (exact) mass is 376 g/mol. The van der Waals surface area contributed by atoms with Gasteiger partial charge in [-0.15, -0.1) is 0 Å². The van der Waals surface area contributed by atoms with Crippen molar-refractivity contribution in [2.24, 2.45) is 0 Å². The lowest BCUT2D eigenvalue weighted by molar-refractivity contribution is 0.0543. The number of aromatic nitrogens is 2. The summed E-state index contributed by atoms with van der Waals surface area (Å²) in [5.74, 6) is 2.18. The van der Waals surface area contributed by atoms with Gasteiger partial charge in [-0.25, -0.2) is 4.98 Å². The number of fused-ring (bicyclic) bond motifs is 2. The molecule has 4 heterocycles. The molecule has 1 fully saturated rings. The predicted molar refractivity (Wildman–Crippen MR) is 103 cm³/mol. The third kappa shape index (κ3) is 2.74. The van der Waals surface area contributed by atoms with Crippen molar-refractivity contribution in [3.8, 4) is 17.6 Å². The van der Waals surface area contributed by atoms with E-state index >= 15 is 0 Å². The Labute approximate surface area is 162 Å². The summed E-state index contributed by atoms with van der Waals surface area (Å²) in [5, 5.41) is 13.1. The SMILES string of the molecule is N#Cc1c(NCC2(c3ccc4c(c3)OCO4)CCOCC2)nc2ccccn12. The van der Waals surface area contributed by atoms with E-state index in [9.17, 15) is 5.26 Å². The van der Waals surface area contributed by atoms with Crippen LogP contribution in [0.3, 0.4) is 0 Å². The Morgan fingerprint density at radius 3 is 2.86 bits per heavy atom. The predicted octanol–water partition coefficient (Wildman–Crippen LogP) is 3.09. The molecule has 0 radical (unpaired) electrons. The molecule has 0 spiro atoms. The number of benzene rings is 1. The first kappa shape index (κ1) is 16.9. The molecule has 5 rings (SSSR count). The highest BCUT2D eigenvalue weighted by molar-refractivity contribution is 5.59. The Hall–Kier alpha value is -3.24. The van der Waals surface area contributed by atoms with Gasteiger partial charge in [0.15, 0.2) is 23.0 Å². The highest BCUT2D eigenvalue weighted by Gasteiger charge is 2.36. The zero-order valence-electron chi connectivity index (χ0n) is 15.4. The molecule has 7 nitrogen and oxygen atoms in total. The molecule has 7 heteroatoms. The van der Waals surface area contributed by atoms with Gasteiger partial charge in [-0.1, -0.05) is 12.1 Å². The number of pyridine rings is 1. The molecule has 0 atom stereocenters. The lowest BCUT2D eigenvalue weighted by Gasteiger charge is -2.38. The summed E-state index contributed by atoms with van der Waals surface area (Å²) in [7, 11) is 0. The second-order valence-electron chi connectivity index (χ2n) is 7.16. The topological polar surface area (TPSA) is 80.8 Å². The summed E-state index contributed by atoms with van der Waals surface area (Å²) >= 11 is 0. The number of nitrogens with one attached hydrogen (secondary N) is 1. The van der Waals surface area contributed by atoms with Gasteiger partial charge in [0.05, 0.1) is 0 Å². The minimum atomic E-state index is -0.123. The summed E-state index contributed by atoms with van der Waals surface area (Å²) in [6.45, 7) is 2.33. The van der Waals surface area contributed by atoms with Crippen LogP contribution in [0.25, 0.3) is 5.65 Å². The lowest BCUT2D eigenvalue weighted by Crippen LogP contribution is -2.40. The number of ether oxygens (including phenoxy) is 3. The Bertz CT molecular complexity index is 1060. The average Bonchev–Trinajstić information content (AvgIpc) is 3.36. The minimum Gasteiger partial charge on any atom is -0.454 e. The molecule has 1 saturated heterocycles. The Morgan fingerprint density at radius 2 is 2.00 bits per heavy atom. The molecule has 2 aliphatic rings. The molecule has 142 valence electrons. The molecule has 0 bridgehead atoms. The van der Waals surface area contributed by atoms with Gasteiger partial charge in [-0.05, 0) is 42.7 Å². The second kappa shape index (κ2) is 6.73. The number of anilines is 1. The van der Waals surface area contributed by atoms with Crippen LogP contribution in [0.4, 0.5) is 5.82 Å². The van der Waals surface area contributed by atoms with E-state index in [2.05, 4.69) is 28.5 Å². The van der Waals surface area contributed by atoms with Crippen LogP contribution in [-0.2, 0) is 10.2 Å². The van der Waals surface area contributed by atoms with Gasteiger partial charge in [0, 0.05) is 31.4 Å². The number of nitriles is 1. The smallest absolute Gasteiger partial charge is 0.231 e. The molecule has 0 saturated carbocycles. The standard InChI is InChI=1S/C21H20N4O3/c22-12-16-20(24-19-3-1-2-8-25(16)19)23-13-21(6-9-26-10-7-21)15-4-5-17-18(11-15)28-14-27-17/h1-5,8,11,23H,6-7,9-10,13-14H2. The van der Waals surface area contributed by atoms with E-state index in [0.717, 1.165) is 30.0 Å². The third-order valence-corrected chi connectivity index (χ3v) is 5.66. The molecule has 3 aromatic rings. The molecular weight excluding hydrogens is 356 g/mol. The van der Waals surface area contributed by atoms with Gasteiger partial charge in [0.1, 0.15) is 11.7 Å². The highest BCUT2D eigenvalue weighted by Crippen LogP contribution is 2.41. The molecule has 0 amide bonds.